The van der Waals surface area contributed by atoms with E-state index >= 15 is 0 Å². The molecule has 1 aromatic carbocycles. The zero-order valence-corrected chi connectivity index (χ0v) is 16.7. The molecule has 3 heterocycles. The first-order valence-electron chi connectivity index (χ1n) is 8.60. The molecule has 142 valence electrons. The molecule has 1 unspecified atom stereocenters. The van der Waals surface area contributed by atoms with Gasteiger partial charge in [-0.3, -0.25) is 15.2 Å². The van der Waals surface area contributed by atoms with Gasteiger partial charge in [0.15, 0.2) is 0 Å². The van der Waals surface area contributed by atoms with E-state index < -0.39 is 0 Å². The summed E-state index contributed by atoms with van der Waals surface area (Å²) in [4.78, 5) is 13.9. The number of nitrogens with one attached hydrogen (secondary N) is 1. The summed E-state index contributed by atoms with van der Waals surface area (Å²) in [6.45, 7) is 2.55. The Bertz CT molecular complexity index is 853. The average Bonchev–Trinajstić information content (AvgIpc) is 3.32. The number of hydrazine groups is 1. The maximum Gasteiger partial charge on any atom is 0.281 e. The van der Waals surface area contributed by atoms with Crippen molar-refractivity contribution in [1.29, 1.82) is 0 Å². The maximum absolute atomic E-state index is 12.7. The van der Waals surface area contributed by atoms with E-state index in [2.05, 4.69) is 10.5 Å². The molecular formula is C18H18Cl2N4O2S. The topological polar surface area (TPSA) is 57.2 Å². The van der Waals surface area contributed by atoms with Crippen molar-refractivity contribution >= 4 is 51.8 Å². The molecule has 1 aromatic heterocycles. The molecule has 1 N–H and O–H groups in total. The van der Waals surface area contributed by atoms with Crippen LogP contribution in [0.2, 0.25) is 10.0 Å². The number of nitrogens with zero attached hydrogens (tertiary/aromatic N) is 3. The predicted octanol–water partition coefficient (Wildman–Crippen LogP) is 3.73. The lowest BCUT2D eigenvalue weighted by molar-refractivity contribution is -0.121. The summed E-state index contributed by atoms with van der Waals surface area (Å²) in [5.74, 6) is -0.189. The minimum Gasteiger partial charge on any atom is -0.379 e. The number of ether oxygens (including phenoxy) is 1. The van der Waals surface area contributed by atoms with Crippen molar-refractivity contribution in [2.75, 3.05) is 31.3 Å². The summed E-state index contributed by atoms with van der Waals surface area (Å²) >= 11 is 14.1. The predicted molar refractivity (Wildman–Crippen MR) is 109 cm³/mol. The van der Waals surface area contributed by atoms with Crippen LogP contribution in [0.5, 0.6) is 0 Å². The summed E-state index contributed by atoms with van der Waals surface area (Å²) < 4.78 is 5.31. The molecule has 2 aliphatic rings. The van der Waals surface area contributed by atoms with Gasteiger partial charge in [-0.2, -0.15) is 5.10 Å². The van der Waals surface area contributed by atoms with Gasteiger partial charge in [0.05, 0.1) is 30.0 Å². The number of carbonyl (C=O) groups is 1. The minimum absolute atomic E-state index is 0.0749. The van der Waals surface area contributed by atoms with Crippen molar-refractivity contribution < 1.29 is 9.53 Å². The smallest absolute Gasteiger partial charge is 0.281 e. The van der Waals surface area contributed by atoms with Crippen LogP contribution < -0.4 is 10.4 Å². The Labute approximate surface area is 171 Å². The molecule has 4 rings (SSSR count). The van der Waals surface area contributed by atoms with Crippen LogP contribution in [0.25, 0.3) is 0 Å². The van der Waals surface area contributed by atoms with Crippen molar-refractivity contribution in [1.82, 2.24) is 10.4 Å². The first-order valence-corrected chi connectivity index (χ1v) is 10.2. The summed E-state index contributed by atoms with van der Waals surface area (Å²) in [6.07, 6.45) is 0.510. The van der Waals surface area contributed by atoms with Gasteiger partial charge in [0.1, 0.15) is 5.71 Å². The molecule has 27 heavy (non-hydrogen) atoms. The average molecular weight is 425 g/mol. The van der Waals surface area contributed by atoms with Crippen LogP contribution in [0.3, 0.4) is 0 Å². The van der Waals surface area contributed by atoms with E-state index in [0.29, 0.717) is 48.5 Å². The van der Waals surface area contributed by atoms with E-state index in [0.717, 1.165) is 10.6 Å². The molecule has 6 nitrogen and oxygen atoms in total. The Morgan fingerprint density at radius 3 is 2.78 bits per heavy atom. The van der Waals surface area contributed by atoms with Gasteiger partial charge in [-0.05, 0) is 29.6 Å². The molecule has 0 radical (unpaired) electrons. The molecule has 1 atom stereocenters. The highest BCUT2D eigenvalue weighted by Crippen LogP contribution is 2.40. The molecule has 2 aromatic rings. The van der Waals surface area contributed by atoms with Gasteiger partial charge < -0.3 is 4.74 Å². The van der Waals surface area contributed by atoms with Gasteiger partial charge in [-0.1, -0.05) is 29.3 Å². The van der Waals surface area contributed by atoms with Crippen molar-refractivity contribution in [3.8, 4) is 0 Å². The second-order valence-corrected chi connectivity index (χ2v) is 8.09. The van der Waals surface area contributed by atoms with Crippen LogP contribution in [0.4, 0.5) is 5.69 Å². The molecule has 0 spiro atoms. The van der Waals surface area contributed by atoms with E-state index in [4.69, 9.17) is 27.9 Å². The van der Waals surface area contributed by atoms with Gasteiger partial charge in [0.25, 0.3) is 5.91 Å². The summed E-state index contributed by atoms with van der Waals surface area (Å²) in [5, 5.41) is 11.4. The van der Waals surface area contributed by atoms with Crippen molar-refractivity contribution in [3.63, 3.8) is 0 Å². The Morgan fingerprint density at radius 2 is 2.07 bits per heavy atom. The number of benzene rings is 1. The number of morpholine rings is 1. The summed E-state index contributed by atoms with van der Waals surface area (Å²) in [5.41, 5.74) is 4.14. The number of hydrogen-bond donors (Lipinski definition) is 1. The highest BCUT2D eigenvalue weighted by atomic mass is 35.5. The normalized spacial score (nSPS) is 20.6. The first kappa shape index (κ1) is 18.7. The van der Waals surface area contributed by atoms with Crippen LogP contribution in [0, 0.1) is 0 Å². The van der Waals surface area contributed by atoms with E-state index in [1.165, 1.54) is 0 Å². The molecule has 0 aliphatic carbocycles. The highest BCUT2D eigenvalue weighted by Gasteiger charge is 2.34. The lowest BCUT2D eigenvalue weighted by Gasteiger charge is -2.26. The fourth-order valence-corrected chi connectivity index (χ4v) is 4.43. The standard InChI is InChI=1S/C18H18Cl2N4O2S/c19-12-3-4-15(13(20)10-12)24-16(17-2-1-9-27-17)11-14(21-24)18(25)22-23-5-7-26-8-6-23/h1-4,9-10,16H,5-8,11H2,(H,22,25). The van der Waals surface area contributed by atoms with Crippen molar-refractivity contribution in [2.24, 2.45) is 5.10 Å². The fourth-order valence-electron chi connectivity index (χ4n) is 3.12. The third-order valence-corrected chi connectivity index (χ3v) is 5.98. The number of rotatable bonds is 4. The van der Waals surface area contributed by atoms with Gasteiger partial charge in [0.2, 0.25) is 0 Å². The maximum atomic E-state index is 12.7. The first-order chi connectivity index (χ1) is 13.1. The van der Waals surface area contributed by atoms with E-state index in [1.54, 1.807) is 23.5 Å². The number of thiophene rings is 1. The second-order valence-electron chi connectivity index (χ2n) is 6.26. The number of amides is 1. The molecule has 9 heteroatoms. The lowest BCUT2D eigenvalue weighted by Crippen LogP contribution is -2.50. The fraction of sp³-hybridized carbons (Fsp3) is 0.333. The Hall–Kier alpha value is -1.64. The molecule has 1 amide bonds. The molecule has 2 aliphatic heterocycles. The molecule has 0 bridgehead atoms. The third kappa shape index (κ3) is 4.12. The number of halogens is 2. The van der Waals surface area contributed by atoms with Gasteiger partial charge in [-0.25, -0.2) is 5.01 Å². The number of carbonyl (C=O) groups excluding carboxylic acids is 1. The Morgan fingerprint density at radius 1 is 1.26 bits per heavy atom. The zero-order valence-electron chi connectivity index (χ0n) is 14.4. The van der Waals surface area contributed by atoms with Crippen LogP contribution >= 0.6 is 34.5 Å². The zero-order chi connectivity index (χ0) is 18.8. The Kier molecular flexibility index (Phi) is 5.66. The SMILES string of the molecule is O=C(NN1CCOCC1)C1=NN(c2ccc(Cl)cc2Cl)C(c2cccs2)C1. The van der Waals surface area contributed by atoms with Crippen molar-refractivity contribution in [3.05, 3.63) is 50.6 Å². The molecular weight excluding hydrogens is 407 g/mol. The largest absolute Gasteiger partial charge is 0.379 e. The van der Waals surface area contributed by atoms with Crippen LogP contribution in [-0.4, -0.2) is 42.9 Å². The molecule has 1 fully saturated rings. The van der Waals surface area contributed by atoms with Gasteiger partial charge >= 0.3 is 0 Å². The number of hydrogen-bond acceptors (Lipinski definition) is 6. The number of hydrazone groups is 1. The van der Waals surface area contributed by atoms with E-state index in [1.807, 2.05) is 33.6 Å². The van der Waals surface area contributed by atoms with Crippen LogP contribution in [0.15, 0.2) is 40.8 Å². The second kappa shape index (κ2) is 8.16. The Balaban J connectivity index is 1.60. The van der Waals surface area contributed by atoms with E-state index in [-0.39, 0.29) is 11.9 Å². The summed E-state index contributed by atoms with van der Waals surface area (Å²) in [6, 6.07) is 9.25. The quantitative estimate of drug-likeness (QED) is 0.811. The summed E-state index contributed by atoms with van der Waals surface area (Å²) in [7, 11) is 0. The number of anilines is 1. The van der Waals surface area contributed by atoms with Gasteiger partial charge in [-0.15, -0.1) is 11.3 Å². The monoisotopic (exact) mass is 424 g/mol. The van der Waals surface area contributed by atoms with Crippen LogP contribution in [0.1, 0.15) is 17.3 Å². The van der Waals surface area contributed by atoms with Crippen LogP contribution in [-0.2, 0) is 9.53 Å². The molecule has 1 saturated heterocycles. The highest BCUT2D eigenvalue weighted by molar-refractivity contribution is 7.10. The van der Waals surface area contributed by atoms with Crippen molar-refractivity contribution in [2.45, 2.75) is 12.5 Å². The molecule has 0 saturated carbocycles. The third-order valence-electron chi connectivity index (χ3n) is 4.47. The minimum atomic E-state index is -0.189. The van der Waals surface area contributed by atoms with E-state index in [9.17, 15) is 4.79 Å². The van der Waals surface area contributed by atoms with Gasteiger partial charge in [0, 0.05) is 29.4 Å². The lowest BCUT2D eigenvalue weighted by atomic mass is 10.1.